The summed E-state index contributed by atoms with van der Waals surface area (Å²) in [5.41, 5.74) is 0.756. The molecule has 0 radical (unpaired) electrons. The molecule has 0 fully saturated rings. The van der Waals surface area contributed by atoms with Gasteiger partial charge in [0, 0.05) is 0 Å². The number of ether oxygens (including phenoxy) is 2. The summed E-state index contributed by atoms with van der Waals surface area (Å²) < 4.78 is 11.5. The highest BCUT2D eigenvalue weighted by molar-refractivity contribution is 6.91. The minimum absolute atomic E-state index is 0.565. The van der Waals surface area contributed by atoms with Gasteiger partial charge in [0.15, 0.2) is 0 Å². The molecule has 2 nitrogen and oxygen atoms in total. The Morgan fingerprint density at radius 2 is 1.29 bits per heavy atom. The first-order valence-corrected chi connectivity index (χ1v) is 19.2. The summed E-state index contributed by atoms with van der Waals surface area (Å²) >= 11 is 0. The maximum Gasteiger partial charge on any atom is 0.119 e. The van der Waals surface area contributed by atoms with Crippen LogP contribution in [0.2, 0.25) is 37.8 Å². The molecule has 2 aromatic rings. The summed E-state index contributed by atoms with van der Waals surface area (Å²) in [7, 11) is -2.97. The van der Waals surface area contributed by atoms with Gasteiger partial charge in [-0.05, 0) is 29.8 Å². The van der Waals surface area contributed by atoms with E-state index in [0.29, 0.717) is 13.2 Å². The fourth-order valence-corrected chi connectivity index (χ4v) is 9.50. The Labute approximate surface area is 211 Å². The zero-order valence-electron chi connectivity index (χ0n) is 22.2. The first-order chi connectivity index (χ1) is 16.2. The second kappa shape index (κ2) is 13.7. The molecule has 0 aromatic heterocycles. The third kappa shape index (κ3) is 8.63. The predicted octanol–water partition coefficient (Wildman–Crippen LogP) is 7.69. The van der Waals surface area contributed by atoms with Crippen LogP contribution in [-0.4, -0.2) is 29.4 Å². The minimum Gasteiger partial charge on any atom is -0.490 e. The maximum absolute atomic E-state index is 5.78. The Kier molecular flexibility index (Phi) is 11.4. The van der Waals surface area contributed by atoms with Crippen LogP contribution >= 0.6 is 0 Å². The molecule has 0 heterocycles. The van der Waals surface area contributed by atoms with E-state index in [1.807, 2.05) is 6.07 Å². The summed E-state index contributed by atoms with van der Waals surface area (Å²) in [6.07, 6.45) is 10.3. The summed E-state index contributed by atoms with van der Waals surface area (Å²) in [5.74, 6) is 1.94. The van der Waals surface area contributed by atoms with Crippen molar-refractivity contribution in [1.29, 1.82) is 0 Å². The molecular formula is C30H46O2Si2. The lowest BCUT2D eigenvalue weighted by atomic mass is 10.1. The maximum atomic E-state index is 5.78. The van der Waals surface area contributed by atoms with Crippen molar-refractivity contribution in [2.75, 3.05) is 13.2 Å². The van der Waals surface area contributed by atoms with Gasteiger partial charge in [-0.25, -0.2) is 0 Å². The van der Waals surface area contributed by atoms with Crippen molar-refractivity contribution >= 4 is 26.5 Å². The van der Waals surface area contributed by atoms with Crippen molar-refractivity contribution in [3.63, 3.8) is 0 Å². The summed E-state index contributed by atoms with van der Waals surface area (Å²) in [4.78, 5) is 0. The lowest BCUT2D eigenvalue weighted by molar-refractivity contribution is 0.363. The van der Waals surface area contributed by atoms with Crippen molar-refractivity contribution in [1.82, 2.24) is 0 Å². The highest BCUT2D eigenvalue weighted by Crippen LogP contribution is 2.28. The van der Waals surface area contributed by atoms with Crippen LogP contribution in [0.25, 0.3) is 0 Å². The van der Waals surface area contributed by atoms with E-state index in [4.69, 9.17) is 9.47 Å². The summed E-state index contributed by atoms with van der Waals surface area (Å²) in [6.45, 7) is 21.1. The molecule has 34 heavy (non-hydrogen) atoms. The fourth-order valence-electron chi connectivity index (χ4n) is 4.46. The fraction of sp³-hybridized carbons (Fsp3) is 0.467. The lowest BCUT2D eigenvalue weighted by Crippen LogP contribution is -2.45. The van der Waals surface area contributed by atoms with Crippen LogP contribution in [0.1, 0.15) is 39.0 Å². The number of hydrogen-bond donors (Lipinski definition) is 0. The molecule has 0 aliphatic heterocycles. The highest BCUT2D eigenvalue weighted by Gasteiger charge is 2.30. The van der Waals surface area contributed by atoms with E-state index in [2.05, 4.69) is 88.7 Å². The number of unbranched alkanes of at least 4 members (excludes halogenated alkanes) is 3. The quantitative estimate of drug-likeness (QED) is 0.135. The monoisotopic (exact) mass is 494 g/mol. The average Bonchev–Trinajstić information content (AvgIpc) is 2.83. The molecule has 1 atom stereocenters. The summed E-state index contributed by atoms with van der Waals surface area (Å²) in [5, 5.41) is 2.99. The topological polar surface area (TPSA) is 18.5 Å². The van der Waals surface area contributed by atoms with Crippen LogP contribution in [0, 0.1) is 0 Å². The second-order valence-electron chi connectivity index (χ2n) is 10.7. The van der Waals surface area contributed by atoms with Crippen molar-refractivity contribution in [2.24, 2.45) is 0 Å². The van der Waals surface area contributed by atoms with E-state index in [9.17, 15) is 0 Å². The Morgan fingerprint density at radius 1 is 0.765 bits per heavy atom. The minimum atomic E-state index is -1.53. The van der Waals surface area contributed by atoms with Gasteiger partial charge in [0.2, 0.25) is 0 Å². The molecule has 0 spiro atoms. The van der Waals surface area contributed by atoms with Gasteiger partial charge in [-0.3, -0.25) is 0 Å². The first-order valence-electron chi connectivity index (χ1n) is 12.9. The Hall–Kier alpha value is -2.05. The smallest absolute Gasteiger partial charge is 0.119 e. The molecule has 0 saturated carbocycles. The molecule has 0 N–H and O–H groups in total. The SMILES string of the molecule is C=CCOc1cccc([Si](C)(C)CCCCCCC(C)[Si](C)(C)c2cccc(OCC=C)c2)c1. The lowest BCUT2D eigenvalue weighted by Gasteiger charge is -2.31. The van der Waals surface area contributed by atoms with Gasteiger partial charge < -0.3 is 9.47 Å². The summed E-state index contributed by atoms with van der Waals surface area (Å²) in [6, 6.07) is 18.8. The molecule has 0 bridgehead atoms. The van der Waals surface area contributed by atoms with E-state index < -0.39 is 16.1 Å². The predicted molar refractivity (Wildman–Crippen MR) is 156 cm³/mol. The van der Waals surface area contributed by atoms with Gasteiger partial charge in [0.25, 0.3) is 0 Å². The van der Waals surface area contributed by atoms with Crippen LogP contribution in [0.5, 0.6) is 11.5 Å². The Bertz CT molecular complexity index is 904. The van der Waals surface area contributed by atoms with Crippen LogP contribution < -0.4 is 19.8 Å². The molecule has 0 amide bonds. The Balaban J connectivity index is 1.77. The van der Waals surface area contributed by atoms with Crippen molar-refractivity contribution in [2.45, 2.75) is 76.8 Å². The van der Waals surface area contributed by atoms with Crippen LogP contribution in [0.3, 0.4) is 0 Å². The van der Waals surface area contributed by atoms with Crippen LogP contribution in [0.15, 0.2) is 73.8 Å². The van der Waals surface area contributed by atoms with Gasteiger partial charge in [0.1, 0.15) is 24.7 Å². The van der Waals surface area contributed by atoms with Gasteiger partial charge in [-0.2, -0.15) is 0 Å². The van der Waals surface area contributed by atoms with Gasteiger partial charge in [-0.15, -0.1) is 0 Å². The van der Waals surface area contributed by atoms with Crippen LogP contribution in [0.4, 0.5) is 0 Å². The second-order valence-corrected chi connectivity index (χ2v) is 20.6. The molecule has 4 heteroatoms. The third-order valence-corrected chi connectivity index (χ3v) is 15.4. The molecule has 0 aliphatic carbocycles. The largest absolute Gasteiger partial charge is 0.490 e. The molecule has 186 valence electrons. The van der Waals surface area contributed by atoms with Gasteiger partial charge in [0.05, 0.1) is 16.1 Å². The zero-order chi connectivity index (χ0) is 25.0. The first kappa shape index (κ1) is 28.2. The van der Waals surface area contributed by atoms with Gasteiger partial charge >= 0.3 is 0 Å². The number of hydrogen-bond acceptors (Lipinski definition) is 2. The van der Waals surface area contributed by atoms with E-state index in [1.54, 1.807) is 12.2 Å². The van der Waals surface area contributed by atoms with E-state index >= 15 is 0 Å². The van der Waals surface area contributed by atoms with E-state index in [0.717, 1.165) is 17.0 Å². The van der Waals surface area contributed by atoms with Crippen molar-refractivity contribution in [3.8, 4) is 11.5 Å². The van der Waals surface area contributed by atoms with Crippen molar-refractivity contribution in [3.05, 3.63) is 73.8 Å². The molecule has 2 aromatic carbocycles. The van der Waals surface area contributed by atoms with Crippen molar-refractivity contribution < 1.29 is 9.47 Å². The molecule has 2 rings (SSSR count). The Morgan fingerprint density at radius 3 is 1.88 bits per heavy atom. The number of rotatable bonds is 16. The third-order valence-electron chi connectivity index (χ3n) is 7.35. The van der Waals surface area contributed by atoms with Gasteiger partial charge in [-0.1, -0.05) is 131 Å². The molecular weight excluding hydrogens is 449 g/mol. The van der Waals surface area contributed by atoms with E-state index in [1.165, 1.54) is 48.5 Å². The average molecular weight is 495 g/mol. The highest BCUT2D eigenvalue weighted by atomic mass is 28.3. The number of benzene rings is 2. The molecule has 0 saturated heterocycles. The normalized spacial score (nSPS) is 12.7. The van der Waals surface area contributed by atoms with Crippen LogP contribution in [-0.2, 0) is 0 Å². The van der Waals surface area contributed by atoms with E-state index in [-0.39, 0.29) is 0 Å². The zero-order valence-corrected chi connectivity index (χ0v) is 24.2. The molecule has 1 unspecified atom stereocenters. The molecule has 0 aliphatic rings. The standard InChI is InChI=1S/C30H46O2Si2/c1-8-21-31-27-17-14-19-29(24-27)33(4,5)23-13-11-10-12-16-26(3)34(6,7)30-20-15-18-28(25-30)32-22-9-2/h8-9,14-15,17-20,24-26H,1-2,10-13,16,21-23H2,3-7H3.